The first kappa shape index (κ1) is 12.1. The number of thioether (sulfide) groups is 1. The van der Waals surface area contributed by atoms with Gasteiger partial charge in [0.1, 0.15) is 5.82 Å². The van der Waals surface area contributed by atoms with E-state index in [9.17, 15) is 4.39 Å². The van der Waals surface area contributed by atoms with E-state index in [1.807, 2.05) is 30.3 Å². The molecule has 0 saturated heterocycles. The van der Waals surface area contributed by atoms with Crippen molar-refractivity contribution in [1.82, 2.24) is 0 Å². The molecule has 92 valence electrons. The van der Waals surface area contributed by atoms with Crippen LogP contribution in [0.25, 0.3) is 0 Å². The van der Waals surface area contributed by atoms with Crippen LogP contribution in [0, 0.1) is 5.82 Å². The molecule has 0 radical (unpaired) electrons. The number of hydrogen-bond donors (Lipinski definition) is 0. The molecule has 0 nitrogen and oxygen atoms in total. The highest BCUT2D eigenvalue weighted by Crippen LogP contribution is 2.42. The maximum absolute atomic E-state index is 13.8. The molecule has 0 aliphatic carbocycles. The molecule has 3 heteroatoms. The molecule has 0 amide bonds. The summed E-state index contributed by atoms with van der Waals surface area (Å²) in [5, 5.41) is 0.739. The highest BCUT2D eigenvalue weighted by Gasteiger charge is 2.24. The Bertz CT molecular complexity index is 565. The molecule has 1 unspecified atom stereocenters. The second kappa shape index (κ2) is 4.94. The standard InChI is InChI=1S/C15H12ClFS/c16-11-6-4-10(5-7-11)12-8-9-18-15-13(12)2-1-3-14(15)17/h1-7,12H,8-9H2. The Hall–Kier alpha value is -0.990. The third kappa shape index (κ3) is 2.15. The molecule has 18 heavy (non-hydrogen) atoms. The SMILES string of the molecule is Fc1cccc2c1SCCC2c1ccc(Cl)cc1. The van der Waals surface area contributed by atoms with Crippen molar-refractivity contribution in [3.63, 3.8) is 0 Å². The molecule has 2 aromatic rings. The van der Waals surface area contributed by atoms with Gasteiger partial charge in [0.2, 0.25) is 0 Å². The molecule has 1 aliphatic rings. The first-order valence-electron chi connectivity index (χ1n) is 5.92. The van der Waals surface area contributed by atoms with Gasteiger partial charge in [-0.25, -0.2) is 4.39 Å². The first-order valence-corrected chi connectivity index (χ1v) is 7.29. The highest BCUT2D eigenvalue weighted by molar-refractivity contribution is 7.99. The molecular formula is C15H12ClFS. The van der Waals surface area contributed by atoms with Crippen LogP contribution in [0.3, 0.4) is 0 Å². The molecule has 0 bridgehead atoms. The number of halogens is 2. The second-order valence-electron chi connectivity index (χ2n) is 4.40. The average molecular weight is 279 g/mol. The van der Waals surface area contributed by atoms with Crippen molar-refractivity contribution >= 4 is 23.4 Å². The van der Waals surface area contributed by atoms with Gasteiger partial charge in [-0.15, -0.1) is 11.8 Å². The van der Waals surface area contributed by atoms with Crippen LogP contribution in [-0.2, 0) is 0 Å². The van der Waals surface area contributed by atoms with Gasteiger partial charge in [-0.3, -0.25) is 0 Å². The molecule has 1 aliphatic heterocycles. The number of rotatable bonds is 1. The summed E-state index contributed by atoms with van der Waals surface area (Å²) in [6.45, 7) is 0. The van der Waals surface area contributed by atoms with E-state index in [2.05, 4.69) is 0 Å². The molecule has 1 heterocycles. The summed E-state index contributed by atoms with van der Waals surface area (Å²) in [6.07, 6.45) is 1.04. The monoisotopic (exact) mass is 278 g/mol. The van der Waals surface area contributed by atoms with Gasteiger partial charge in [0, 0.05) is 15.8 Å². The Morgan fingerprint density at radius 1 is 1.11 bits per heavy atom. The van der Waals surface area contributed by atoms with E-state index in [1.54, 1.807) is 17.8 Å². The summed E-state index contributed by atoms with van der Waals surface area (Å²) in [5.74, 6) is 1.15. The predicted octanol–water partition coefficient (Wildman–Crippen LogP) is 5.11. The largest absolute Gasteiger partial charge is 0.206 e. The topological polar surface area (TPSA) is 0 Å². The number of hydrogen-bond acceptors (Lipinski definition) is 1. The zero-order chi connectivity index (χ0) is 12.5. The first-order chi connectivity index (χ1) is 8.75. The summed E-state index contributed by atoms with van der Waals surface area (Å²) in [4.78, 5) is 0.809. The van der Waals surface area contributed by atoms with Gasteiger partial charge in [-0.05, 0) is 41.5 Å². The van der Waals surface area contributed by atoms with Crippen LogP contribution in [0.1, 0.15) is 23.5 Å². The van der Waals surface area contributed by atoms with Gasteiger partial charge < -0.3 is 0 Å². The van der Waals surface area contributed by atoms with Crippen molar-refractivity contribution in [2.45, 2.75) is 17.2 Å². The minimum Gasteiger partial charge on any atom is -0.206 e. The quantitative estimate of drug-likeness (QED) is 0.699. The molecule has 3 rings (SSSR count). The minimum atomic E-state index is -0.101. The zero-order valence-electron chi connectivity index (χ0n) is 9.70. The Labute approximate surface area is 115 Å². The molecule has 0 spiro atoms. The lowest BCUT2D eigenvalue weighted by Gasteiger charge is -2.25. The lowest BCUT2D eigenvalue weighted by atomic mass is 9.88. The smallest absolute Gasteiger partial charge is 0.137 e. The van der Waals surface area contributed by atoms with Crippen LogP contribution in [-0.4, -0.2) is 5.75 Å². The van der Waals surface area contributed by atoms with Crippen LogP contribution in [0.2, 0.25) is 5.02 Å². The fourth-order valence-corrected chi connectivity index (χ4v) is 3.69. The van der Waals surface area contributed by atoms with Crippen molar-refractivity contribution < 1.29 is 4.39 Å². The van der Waals surface area contributed by atoms with Gasteiger partial charge >= 0.3 is 0 Å². The van der Waals surface area contributed by atoms with E-state index in [0.717, 1.165) is 27.7 Å². The third-order valence-corrected chi connectivity index (χ3v) is 4.71. The van der Waals surface area contributed by atoms with Gasteiger partial charge in [-0.2, -0.15) is 0 Å². The Kier molecular flexibility index (Phi) is 3.31. The van der Waals surface area contributed by atoms with E-state index in [-0.39, 0.29) is 11.7 Å². The third-order valence-electron chi connectivity index (χ3n) is 3.30. The normalized spacial score (nSPS) is 18.4. The van der Waals surface area contributed by atoms with Crippen LogP contribution in [0.5, 0.6) is 0 Å². The summed E-state index contributed by atoms with van der Waals surface area (Å²) in [5.41, 5.74) is 2.32. The molecule has 0 saturated carbocycles. The van der Waals surface area contributed by atoms with E-state index in [1.165, 1.54) is 11.6 Å². The summed E-state index contributed by atoms with van der Waals surface area (Å²) in [6, 6.07) is 13.2. The van der Waals surface area contributed by atoms with E-state index >= 15 is 0 Å². The van der Waals surface area contributed by atoms with Crippen molar-refractivity contribution in [2.75, 3.05) is 5.75 Å². The Balaban J connectivity index is 2.06. The molecule has 1 atom stereocenters. The number of benzene rings is 2. The predicted molar refractivity (Wildman–Crippen MR) is 75.0 cm³/mol. The maximum Gasteiger partial charge on any atom is 0.137 e. The summed E-state index contributed by atoms with van der Waals surface area (Å²) < 4.78 is 13.8. The Morgan fingerprint density at radius 2 is 1.89 bits per heavy atom. The average Bonchev–Trinajstić information content (AvgIpc) is 2.40. The Morgan fingerprint density at radius 3 is 2.67 bits per heavy atom. The lowest BCUT2D eigenvalue weighted by molar-refractivity contribution is 0.587. The van der Waals surface area contributed by atoms with E-state index < -0.39 is 0 Å². The molecule has 2 aromatic carbocycles. The molecule has 0 N–H and O–H groups in total. The molecule has 0 fully saturated rings. The van der Waals surface area contributed by atoms with Crippen molar-refractivity contribution in [3.05, 3.63) is 64.4 Å². The fourth-order valence-electron chi connectivity index (χ4n) is 2.43. The molecule has 0 aromatic heterocycles. The van der Waals surface area contributed by atoms with Crippen molar-refractivity contribution in [1.29, 1.82) is 0 Å². The van der Waals surface area contributed by atoms with E-state index in [0.29, 0.717) is 0 Å². The van der Waals surface area contributed by atoms with E-state index in [4.69, 9.17) is 11.6 Å². The van der Waals surface area contributed by atoms with Crippen LogP contribution in [0.15, 0.2) is 47.4 Å². The fraction of sp³-hybridized carbons (Fsp3) is 0.200. The summed E-state index contributed by atoms with van der Waals surface area (Å²) >= 11 is 7.53. The maximum atomic E-state index is 13.8. The van der Waals surface area contributed by atoms with Crippen LogP contribution >= 0.6 is 23.4 Å². The number of fused-ring (bicyclic) bond motifs is 1. The lowest BCUT2D eigenvalue weighted by Crippen LogP contribution is -2.10. The van der Waals surface area contributed by atoms with Gasteiger partial charge in [0.15, 0.2) is 0 Å². The highest BCUT2D eigenvalue weighted by atomic mass is 35.5. The zero-order valence-corrected chi connectivity index (χ0v) is 11.3. The van der Waals surface area contributed by atoms with Crippen LogP contribution < -0.4 is 0 Å². The van der Waals surface area contributed by atoms with Gasteiger partial charge in [-0.1, -0.05) is 35.9 Å². The van der Waals surface area contributed by atoms with Crippen LogP contribution in [0.4, 0.5) is 4.39 Å². The second-order valence-corrected chi connectivity index (χ2v) is 5.94. The van der Waals surface area contributed by atoms with Gasteiger partial charge in [0.05, 0.1) is 0 Å². The molecular weight excluding hydrogens is 267 g/mol. The minimum absolute atomic E-state index is 0.101. The van der Waals surface area contributed by atoms with Gasteiger partial charge in [0.25, 0.3) is 0 Å². The van der Waals surface area contributed by atoms with Crippen molar-refractivity contribution in [3.8, 4) is 0 Å². The summed E-state index contributed by atoms with van der Waals surface area (Å²) in [7, 11) is 0. The van der Waals surface area contributed by atoms with Crippen molar-refractivity contribution in [2.24, 2.45) is 0 Å².